The monoisotopic (exact) mass is 284 g/mol. The second-order valence-electron chi connectivity index (χ2n) is 6.22. The molecule has 112 valence electrons. The van der Waals surface area contributed by atoms with Crippen molar-refractivity contribution < 1.29 is 6.17 Å². The molecule has 1 heteroatoms. The Labute approximate surface area is 130 Å². The summed E-state index contributed by atoms with van der Waals surface area (Å²) in [4.78, 5) is 12.4. The number of allylic oxidation sites excluding steroid dienone is 3. The second kappa shape index (κ2) is 6.89. The molecule has 1 aromatic carbocycles. The van der Waals surface area contributed by atoms with E-state index in [2.05, 4.69) is 38.1 Å². The highest BCUT2D eigenvalue weighted by molar-refractivity contribution is 5.95. The van der Waals surface area contributed by atoms with Crippen LogP contribution in [-0.4, -0.2) is 5.78 Å². The van der Waals surface area contributed by atoms with Gasteiger partial charge in [-0.3, -0.25) is 4.79 Å². The Morgan fingerprint density at radius 2 is 2.05 bits per heavy atom. The van der Waals surface area contributed by atoms with Gasteiger partial charge >= 0.3 is 0 Å². The van der Waals surface area contributed by atoms with Gasteiger partial charge in [-0.15, -0.1) is 0 Å². The van der Waals surface area contributed by atoms with Gasteiger partial charge in [-0.05, 0) is 47.5 Å². The Morgan fingerprint density at radius 1 is 1.33 bits per heavy atom. The second-order valence-corrected chi connectivity index (χ2v) is 6.22. The fourth-order valence-electron chi connectivity index (χ4n) is 2.73. The standard InChI is InChI=1S/C20H26O/c1-5-14(2)15(3)11-20(21)16(4)10-17-12-18-8-6-7-9-19(18)13-17/h6-10,12,14-15H,5,11,13H2,1-4H3/b16-10+/i5T. The predicted molar refractivity (Wildman–Crippen MR) is 90.1 cm³/mol. The Balaban J connectivity index is 2.00. The minimum atomic E-state index is -0.126. The van der Waals surface area contributed by atoms with Gasteiger partial charge in [-0.1, -0.05) is 63.6 Å². The number of fused-ring (bicyclic) bond motifs is 1. The summed E-state index contributed by atoms with van der Waals surface area (Å²) in [6.45, 7) is 7.94. The molecule has 0 aliphatic heterocycles. The Bertz CT molecular complexity index is 610. The molecule has 1 nitrogen and oxygen atoms in total. The summed E-state index contributed by atoms with van der Waals surface area (Å²) in [5.74, 6) is 0.696. The zero-order chi connectivity index (χ0) is 16.3. The molecule has 0 spiro atoms. The maximum absolute atomic E-state index is 12.4. The Kier molecular flexibility index (Phi) is 4.69. The molecule has 0 heterocycles. The summed E-state index contributed by atoms with van der Waals surface area (Å²) < 4.78 is 7.79. The van der Waals surface area contributed by atoms with Gasteiger partial charge in [0.1, 0.15) is 0 Å². The number of hydrogen-bond donors (Lipinski definition) is 0. The van der Waals surface area contributed by atoms with Crippen molar-refractivity contribution in [2.24, 2.45) is 11.8 Å². The minimum absolute atomic E-state index is 0.126. The topological polar surface area (TPSA) is 17.1 Å². The highest BCUT2D eigenvalue weighted by Crippen LogP contribution is 2.27. The van der Waals surface area contributed by atoms with Gasteiger partial charge in [0.25, 0.3) is 0 Å². The third kappa shape index (κ3) is 3.93. The number of Topliss-reactive ketones (excluding diaryl/α,β-unsaturated/α-hetero) is 1. The van der Waals surface area contributed by atoms with Crippen LogP contribution in [0.25, 0.3) is 6.08 Å². The number of rotatable bonds is 6. The lowest BCUT2D eigenvalue weighted by Crippen LogP contribution is -2.13. The van der Waals surface area contributed by atoms with Gasteiger partial charge in [0.05, 0.1) is 0 Å². The van der Waals surface area contributed by atoms with Crippen LogP contribution in [0.15, 0.2) is 41.5 Å². The van der Waals surface area contributed by atoms with Crippen LogP contribution < -0.4 is 0 Å². The minimum Gasteiger partial charge on any atom is -0.295 e. The molecule has 3 atom stereocenters. The van der Waals surface area contributed by atoms with Crippen LogP contribution in [0.5, 0.6) is 0 Å². The average Bonchev–Trinajstić information content (AvgIpc) is 2.88. The number of carbonyl (C=O) groups is 1. The molecule has 1 aliphatic rings. The molecule has 0 radical (unpaired) electrons. The molecule has 0 N–H and O–H groups in total. The summed E-state index contributed by atoms with van der Waals surface area (Å²) in [6.07, 6.45) is 5.52. The summed E-state index contributed by atoms with van der Waals surface area (Å²) in [5, 5.41) is 0. The first-order valence-corrected chi connectivity index (χ1v) is 7.80. The van der Waals surface area contributed by atoms with Crippen molar-refractivity contribution in [2.75, 3.05) is 0 Å². The quantitative estimate of drug-likeness (QED) is 0.655. The maximum Gasteiger partial charge on any atom is 0.158 e. The van der Waals surface area contributed by atoms with E-state index < -0.39 is 0 Å². The van der Waals surface area contributed by atoms with E-state index in [1.807, 2.05) is 26.0 Å². The van der Waals surface area contributed by atoms with Gasteiger partial charge in [0.2, 0.25) is 0 Å². The molecule has 1 aromatic rings. The van der Waals surface area contributed by atoms with E-state index in [4.69, 9.17) is 1.37 Å². The number of carbonyl (C=O) groups excluding carboxylic acids is 1. The van der Waals surface area contributed by atoms with E-state index in [9.17, 15) is 4.79 Å². The van der Waals surface area contributed by atoms with E-state index in [-0.39, 0.29) is 24.0 Å². The van der Waals surface area contributed by atoms with Gasteiger partial charge in [0.15, 0.2) is 5.78 Å². The van der Waals surface area contributed by atoms with Crippen molar-refractivity contribution in [1.29, 1.82) is 0 Å². The number of ketones is 1. The van der Waals surface area contributed by atoms with E-state index in [1.165, 1.54) is 16.7 Å². The molecule has 0 bridgehead atoms. The van der Waals surface area contributed by atoms with Crippen molar-refractivity contribution in [3.8, 4) is 0 Å². The van der Waals surface area contributed by atoms with Crippen molar-refractivity contribution in [2.45, 2.75) is 46.9 Å². The molecule has 3 unspecified atom stereocenters. The van der Waals surface area contributed by atoms with Crippen LogP contribution in [-0.2, 0) is 11.2 Å². The van der Waals surface area contributed by atoms with Gasteiger partial charge in [-0.25, -0.2) is 0 Å². The fraction of sp³-hybridized carbons (Fsp3) is 0.450. The highest BCUT2D eigenvalue weighted by Gasteiger charge is 2.17. The Morgan fingerprint density at radius 3 is 2.71 bits per heavy atom. The molecular weight excluding hydrogens is 256 g/mol. The van der Waals surface area contributed by atoms with Crippen LogP contribution in [0.3, 0.4) is 0 Å². The molecule has 21 heavy (non-hydrogen) atoms. The Hall–Kier alpha value is -1.63. The smallest absolute Gasteiger partial charge is 0.158 e. The zero-order valence-corrected chi connectivity index (χ0v) is 13.5. The lowest BCUT2D eigenvalue weighted by atomic mass is 9.87. The zero-order valence-electron chi connectivity index (χ0n) is 14.5. The van der Waals surface area contributed by atoms with E-state index >= 15 is 0 Å². The fourth-order valence-corrected chi connectivity index (χ4v) is 2.73. The molecule has 1 aliphatic carbocycles. The average molecular weight is 284 g/mol. The third-order valence-electron chi connectivity index (χ3n) is 4.56. The summed E-state index contributed by atoms with van der Waals surface area (Å²) >= 11 is 0. The number of benzene rings is 1. The largest absolute Gasteiger partial charge is 0.295 e. The summed E-state index contributed by atoms with van der Waals surface area (Å²) in [7, 11) is 0. The van der Waals surface area contributed by atoms with Crippen LogP contribution in [0.2, 0.25) is 0 Å². The molecule has 0 fully saturated rings. The van der Waals surface area contributed by atoms with E-state index in [0.29, 0.717) is 6.42 Å². The number of hydrogen-bond acceptors (Lipinski definition) is 1. The van der Waals surface area contributed by atoms with Crippen LogP contribution >= 0.6 is 0 Å². The van der Waals surface area contributed by atoms with Crippen molar-refractivity contribution in [3.05, 3.63) is 52.6 Å². The first-order valence-electron chi connectivity index (χ1n) is 8.38. The van der Waals surface area contributed by atoms with Crippen molar-refractivity contribution in [3.63, 3.8) is 0 Å². The highest BCUT2D eigenvalue weighted by atomic mass is 16.1. The first kappa shape index (κ1) is 14.3. The van der Waals surface area contributed by atoms with Crippen molar-refractivity contribution >= 4 is 11.9 Å². The molecule has 0 saturated heterocycles. The summed E-state index contributed by atoms with van der Waals surface area (Å²) in [6, 6.07) is 8.36. The predicted octanol–water partition coefficient (Wildman–Crippen LogP) is 5.21. The third-order valence-corrected chi connectivity index (χ3v) is 4.56. The van der Waals surface area contributed by atoms with Crippen LogP contribution in [0, 0.1) is 11.8 Å². The van der Waals surface area contributed by atoms with E-state index in [1.54, 1.807) is 0 Å². The van der Waals surface area contributed by atoms with E-state index in [0.717, 1.165) is 12.0 Å². The molecule has 0 saturated carbocycles. The van der Waals surface area contributed by atoms with Crippen molar-refractivity contribution in [1.82, 2.24) is 0 Å². The first-order chi connectivity index (χ1) is 10.4. The van der Waals surface area contributed by atoms with Crippen LogP contribution in [0.4, 0.5) is 0 Å². The lowest BCUT2D eigenvalue weighted by molar-refractivity contribution is -0.116. The normalized spacial score (nSPS) is 19.3. The lowest BCUT2D eigenvalue weighted by Gasteiger charge is -2.17. The SMILES string of the molecule is [3H]C(C)C(C)C(C)CC(=O)/C(C)=C/C1=Cc2ccccc2C1. The molecule has 2 rings (SSSR count). The molecular formula is C20H26O. The molecule has 0 amide bonds. The van der Waals surface area contributed by atoms with Gasteiger partial charge < -0.3 is 0 Å². The van der Waals surface area contributed by atoms with Crippen LogP contribution in [0.1, 0.15) is 53.0 Å². The maximum atomic E-state index is 12.4. The summed E-state index contributed by atoms with van der Waals surface area (Å²) in [5.41, 5.74) is 4.63. The molecule has 0 aromatic heterocycles. The van der Waals surface area contributed by atoms with Gasteiger partial charge in [0, 0.05) is 7.79 Å². The van der Waals surface area contributed by atoms with Gasteiger partial charge in [-0.2, -0.15) is 0 Å².